The summed E-state index contributed by atoms with van der Waals surface area (Å²) in [6, 6.07) is 5.47. The first-order chi connectivity index (χ1) is 14.0. The maximum absolute atomic E-state index is 13.3. The third-order valence-electron chi connectivity index (χ3n) is 4.96. The minimum absolute atomic E-state index is 0.0211. The van der Waals surface area contributed by atoms with E-state index in [-0.39, 0.29) is 28.6 Å². The number of phenolic OH excluding ortho intramolecular Hbond substituents is 1. The Hall–Kier alpha value is -3.46. The number of fused-ring (bicyclic) bond motifs is 2. The van der Waals surface area contributed by atoms with Gasteiger partial charge in [-0.2, -0.15) is 0 Å². The van der Waals surface area contributed by atoms with E-state index in [1.54, 1.807) is 6.33 Å². The van der Waals surface area contributed by atoms with Gasteiger partial charge in [-0.3, -0.25) is 4.79 Å². The number of H-pyrrole nitrogens is 1. The molecule has 0 saturated heterocycles. The standard InChI is InChI=1S/C20H20N2O7/c1-25-17-13(23)12-14(24)18(26-2)20(28-4)19(27-3)16(12)29-15(17)9-5-6-10-11(7-9)22-8-21-10/h5-8,15,17,24H,1-4H3,(H,21,22). The Morgan fingerprint density at radius 1 is 1.07 bits per heavy atom. The summed E-state index contributed by atoms with van der Waals surface area (Å²) in [5.74, 6) is -0.539. The molecule has 4 rings (SSSR count). The number of aromatic hydroxyl groups is 1. The molecule has 9 heteroatoms. The lowest BCUT2D eigenvalue weighted by molar-refractivity contribution is -0.00226. The van der Waals surface area contributed by atoms with Gasteiger partial charge in [-0.05, 0) is 17.7 Å². The van der Waals surface area contributed by atoms with Gasteiger partial charge in [0.05, 0.1) is 38.7 Å². The number of nitrogens with one attached hydrogen (secondary N) is 1. The molecule has 0 spiro atoms. The first-order valence-electron chi connectivity index (χ1n) is 8.77. The van der Waals surface area contributed by atoms with Crippen LogP contribution in [-0.4, -0.2) is 55.4 Å². The summed E-state index contributed by atoms with van der Waals surface area (Å²) in [6.45, 7) is 0. The van der Waals surface area contributed by atoms with Crippen molar-refractivity contribution in [3.63, 3.8) is 0 Å². The van der Waals surface area contributed by atoms with E-state index < -0.39 is 23.7 Å². The van der Waals surface area contributed by atoms with Gasteiger partial charge in [-0.15, -0.1) is 0 Å². The number of hydrogen-bond donors (Lipinski definition) is 2. The number of Topliss-reactive ketones (excluding diaryl/α,β-unsaturated/α-hetero) is 1. The Bertz CT molecular complexity index is 1090. The number of imidazole rings is 1. The Morgan fingerprint density at radius 2 is 1.79 bits per heavy atom. The van der Waals surface area contributed by atoms with E-state index in [4.69, 9.17) is 23.7 Å². The summed E-state index contributed by atoms with van der Waals surface area (Å²) in [5.41, 5.74) is 2.20. The van der Waals surface area contributed by atoms with Gasteiger partial charge in [0.2, 0.25) is 23.0 Å². The lowest BCUT2D eigenvalue weighted by Gasteiger charge is -2.33. The van der Waals surface area contributed by atoms with Crippen LogP contribution in [0, 0.1) is 0 Å². The summed E-state index contributed by atoms with van der Waals surface area (Å²) in [4.78, 5) is 20.5. The van der Waals surface area contributed by atoms with Crippen LogP contribution < -0.4 is 18.9 Å². The van der Waals surface area contributed by atoms with Crippen LogP contribution in [0.2, 0.25) is 0 Å². The molecule has 0 saturated carbocycles. The van der Waals surface area contributed by atoms with Crippen molar-refractivity contribution >= 4 is 16.8 Å². The number of ether oxygens (including phenoxy) is 5. The molecule has 0 radical (unpaired) electrons. The minimum Gasteiger partial charge on any atom is -0.504 e. The van der Waals surface area contributed by atoms with Gasteiger partial charge in [-0.25, -0.2) is 4.98 Å². The van der Waals surface area contributed by atoms with Crippen molar-refractivity contribution in [2.45, 2.75) is 12.2 Å². The molecule has 152 valence electrons. The van der Waals surface area contributed by atoms with Gasteiger partial charge in [0.15, 0.2) is 23.7 Å². The van der Waals surface area contributed by atoms with E-state index in [1.165, 1.54) is 28.4 Å². The summed E-state index contributed by atoms with van der Waals surface area (Å²) < 4.78 is 27.6. The quantitative estimate of drug-likeness (QED) is 0.672. The molecule has 9 nitrogen and oxygen atoms in total. The molecule has 0 fully saturated rings. The largest absolute Gasteiger partial charge is 0.504 e. The molecule has 2 heterocycles. The molecule has 2 atom stereocenters. The highest BCUT2D eigenvalue weighted by Crippen LogP contribution is 2.56. The number of hydrogen-bond acceptors (Lipinski definition) is 8. The third kappa shape index (κ3) is 2.73. The number of benzene rings is 2. The fourth-order valence-electron chi connectivity index (χ4n) is 3.62. The van der Waals surface area contributed by atoms with Gasteiger partial charge in [0.1, 0.15) is 5.56 Å². The summed E-state index contributed by atoms with van der Waals surface area (Å²) in [7, 11) is 5.58. The van der Waals surface area contributed by atoms with E-state index in [9.17, 15) is 9.90 Å². The highest BCUT2D eigenvalue weighted by molar-refractivity contribution is 6.08. The molecule has 2 N–H and O–H groups in total. The number of phenols is 1. The maximum atomic E-state index is 13.3. The normalized spacial score (nSPS) is 18.3. The van der Waals surface area contributed by atoms with E-state index in [0.717, 1.165) is 11.0 Å². The van der Waals surface area contributed by atoms with Crippen molar-refractivity contribution in [1.82, 2.24) is 9.97 Å². The Labute approximate surface area is 166 Å². The molecule has 2 aromatic carbocycles. The number of nitrogens with zero attached hydrogens (tertiary/aromatic N) is 1. The minimum atomic E-state index is -0.989. The van der Waals surface area contributed by atoms with Gasteiger partial charge in [0, 0.05) is 7.11 Å². The van der Waals surface area contributed by atoms with Crippen LogP contribution in [0.4, 0.5) is 0 Å². The first kappa shape index (κ1) is 18.9. The highest BCUT2D eigenvalue weighted by atomic mass is 16.6. The number of rotatable bonds is 5. The zero-order chi connectivity index (χ0) is 20.7. The molecule has 1 aliphatic rings. The van der Waals surface area contributed by atoms with Crippen LogP contribution in [-0.2, 0) is 4.74 Å². The van der Waals surface area contributed by atoms with Gasteiger partial charge in [-0.1, -0.05) is 6.07 Å². The van der Waals surface area contributed by atoms with Crippen LogP contribution in [0.25, 0.3) is 11.0 Å². The summed E-state index contributed by atoms with van der Waals surface area (Å²) in [5, 5.41) is 10.7. The fourth-order valence-corrected chi connectivity index (χ4v) is 3.62. The first-order valence-corrected chi connectivity index (χ1v) is 8.77. The van der Waals surface area contributed by atoms with Crippen LogP contribution in [0.3, 0.4) is 0 Å². The number of aromatic nitrogens is 2. The maximum Gasteiger partial charge on any atom is 0.211 e. The molecule has 1 aliphatic heterocycles. The zero-order valence-electron chi connectivity index (χ0n) is 16.3. The SMILES string of the molecule is COc1c(O)c2c(c(OC)c1OC)OC(c1ccc3nc[nH]c3c1)C(OC)C2=O. The summed E-state index contributed by atoms with van der Waals surface area (Å²) in [6.07, 6.45) is -0.182. The van der Waals surface area contributed by atoms with Crippen LogP contribution in [0.1, 0.15) is 22.0 Å². The molecule has 0 aliphatic carbocycles. The van der Waals surface area contributed by atoms with Crippen molar-refractivity contribution in [3.05, 3.63) is 35.7 Å². The average Bonchev–Trinajstić information content (AvgIpc) is 3.20. The van der Waals surface area contributed by atoms with Crippen LogP contribution in [0.5, 0.6) is 28.7 Å². The second-order valence-corrected chi connectivity index (χ2v) is 6.39. The number of carbonyl (C=O) groups is 1. The second kappa shape index (κ2) is 7.17. The summed E-state index contributed by atoms with van der Waals surface area (Å²) >= 11 is 0. The molecule has 3 aromatic rings. The Balaban J connectivity index is 1.92. The van der Waals surface area contributed by atoms with Gasteiger partial charge in [0.25, 0.3) is 0 Å². The number of methoxy groups -OCH3 is 4. The van der Waals surface area contributed by atoms with Gasteiger partial charge >= 0.3 is 0 Å². The molecule has 29 heavy (non-hydrogen) atoms. The average molecular weight is 400 g/mol. The number of ketones is 1. The van der Waals surface area contributed by atoms with Crippen molar-refractivity contribution in [2.75, 3.05) is 28.4 Å². The van der Waals surface area contributed by atoms with E-state index in [0.29, 0.717) is 5.56 Å². The van der Waals surface area contributed by atoms with E-state index >= 15 is 0 Å². The lowest BCUT2D eigenvalue weighted by Crippen LogP contribution is -2.38. The molecule has 0 bridgehead atoms. The predicted molar refractivity (Wildman–Crippen MR) is 102 cm³/mol. The molecule has 0 amide bonds. The monoisotopic (exact) mass is 400 g/mol. The predicted octanol–water partition coefficient (Wildman–Crippen LogP) is 2.63. The van der Waals surface area contributed by atoms with Gasteiger partial charge < -0.3 is 33.8 Å². The third-order valence-corrected chi connectivity index (χ3v) is 4.96. The van der Waals surface area contributed by atoms with Crippen molar-refractivity contribution in [3.8, 4) is 28.7 Å². The number of carbonyl (C=O) groups excluding carboxylic acids is 1. The fraction of sp³-hybridized carbons (Fsp3) is 0.300. The zero-order valence-corrected chi connectivity index (χ0v) is 16.3. The van der Waals surface area contributed by atoms with E-state index in [2.05, 4.69) is 9.97 Å². The molecule has 1 aromatic heterocycles. The smallest absolute Gasteiger partial charge is 0.211 e. The van der Waals surface area contributed by atoms with Crippen molar-refractivity contribution < 1.29 is 33.6 Å². The van der Waals surface area contributed by atoms with E-state index in [1.807, 2.05) is 18.2 Å². The second-order valence-electron chi connectivity index (χ2n) is 6.39. The molecular weight excluding hydrogens is 380 g/mol. The van der Waals surface area contributed by atoms with Crippen LogP contribution in [0.15, 0.2) is 24.5 Å². The molecule has 2 unspecified atom stereocenters. The Kier molecular flexibility index (Phi) is 4.67. The van der Waals surface area contributed by atoms with Crippen molar-refractivity contribution in [2.24, 2.45) is 0 Å². The highest BCUT2D eigenvalue weighted by Gasteiger charge is 2.44. The topological polar surface area (TPSA) is 112 Å². The van der Waals surface area contributed by atoms with Crippen LogP contribution >= 0.6 is 0 Å². The lowest BCUT2D eigenvalue weighted by atomic mass is 9.91. The van der Waals surface area contributed by atoms with Crippen molar-refractivity contribution in [1.29, 1.82) is 0 Å². The Morgan fingerprint density at radius 3 is 2.45 bits per heavy atom. The molecular formula is C20H20N2O7. The number of aromatic amines is 1.